The van der Waals surface area contributed by atoms with Gasteiger partial charge in [0.2, 0.25) is 0 Å². The van der Waals surface area contributed by atoms with E-state index in [9.17, 15) is 0 Å². The molecule has 2 aromatic heterocycles. The molecule has 3 heterocycles. The number of nitrogens with zero attached hydrogens (tertiary/aromatic N) is 3. The van der Waals surface area contributed by atoms with Crippen LogP contribution >= 0.6 is 11.6 Å². The van der Waals surface area contributed by atoms with Crippen molar-refractivity contribution in [2.75, 3.05) is 20.1 Å². The van der Waals surface area contributed by atoms with E-state index < -0.39 is 0 Å². The highest BCUT2D eigenvalue weighted by Gasteiger charge is 2.20. The standard InChI is InChI=1S/C22H24ClN3/c1-15(17-5-4-16(2)24-13-17)14-26-21-7-6-18(23)12-20(21)19-8-10-25(3)11-9-22(19)26/h4-7,12-14H,8-11H2,1-3H3. The quantitative estimate of drug-likeness (QED) is 0.633. The van der Waals surface area contributed by atoms with E-state index in [1.807, 2.05) is 19.2 Å². The molecule has 0 unspecified atom stereocenters. The maximum absolute atomic E-state index is 6.31. The molecule has 1 aliphatic heterocycles. The molecule has 4 heteroatoms. The summed E-state index contributed by atoms with van der Waals surface area (Å²) in [7, 11) is 2.20. The van der Waals surface area contributed by atoms with E-state index in [1.54, 1.807) is 0 Å². The summed E-state index contributed by atoms with van der Waals surface area (Å²) in [6, 6.07) is 10.5. The number of hydrogen-bond donors (Lipinski definition) is 0. The number of fused-ring (bicyclic) bond motifs is 3. The van der Waals surface area contributed by atoms with E-state index in [1.165, 1.54) is 27.7 Å². The lowest BCUT2D eigenvalue weighted by Gasteiger charge is -2.13. The van der Waals surface area contributed by atoms with Gasteiger partial charge in [0.15, 0.2) is 0 Å². The summed E-state index contributed by atoms with van der Waals surface area (Å²) in [5, 5.41) is 2.09. The Bertz CT molecular complexity index is 983. The third-order valence-electron chi connectivity index (χ3n) is 5.35. The first kappa shape index (κ1) is 17.3. The van der Waals surface area contributed by atoms with Crippen molar-refractivity contribution in [2.45, 2.75) is 26.7 Å². The molecule has 0 N–H and O–H groups in total. The number of rotatable bonds is 2. The summed E-state index contributed by atoms with van der Waals surface area (Å²) in [5.41, 5.74) is 7.50. The Labute approximate surface area is 159 Å². The molecule has 1 aliphatic rings. The van der Waals surface area contributed by atoms with E-state index in [-0.39, 0.29) is 0 Å². The molecule has 0 saturated heterocycles. The molecule has 0 aliphatic carbocycles. The number of halogens is 1. The average molecular weight is 366 g/mol. The summed E-state index contributed by atoms with van der Waals surface area (Å²) in [6.45, 7) is 6.34. The highest BCUT2D eigenvalue weighted by molar-refractivity contribution is 6.31. The molecular formula is C22H24ClN3. The molecule has 0 radical (unpaired) electrons. The molecular weight excluding hydrogens is 342 g/mol. The minimum Gasteiger partial charge on any atom is -0.320 e. The van der Waals surface area contributed by atoms with Gasteiger partial charge < -0.3 is 9.47 Å². The summed E-state index contributed by atoms with van der Waals surface area (Å²) in [4.78, 5) is 6.85. The van der Waals surface area contributed by atoms with Gasteiger partial charge in [-0.1, -0.05) is 17.7 Å². The maximum Gasteiger partial charge on any atom is 0.0529 e. The molecule has 0 bridgehead atoms. The van der Waals surface area contributed by atoms with Crippen molar-refractivity contribution in [3.8, 4) is 0 Å². The van der Waals surface area contributed by atoms with Crippen LogP contribution in [0.15, 0.2) is 36.5 Å². The zero-order valence-electron chi connectivity index (χ0n) is 15.6. The molecule has 3 nitrogen and oxygen atoms in total. The third-order valence-corrected chi connectivity index (χ3v) is 5.58. The van der Waals surface area contributed by atoms with Crippen LogP contribution in [-0.2, 0) is 12.8 Å². The number of aromatic nitrogens is 2. The lowest BCUT2D eigenvalue weighted by Crippen LogP contribution is -2.21. The van der Waals surface area contributed by atoms with Gasteiger partial charge in [0, 0.05) is 53.7 Å². The summed E-state index contributed by atoms with van der Waals surface area (Å²) >= 11 is 6.31. The first-order valence-electron chi connectivity index (χ1n) is 9.14. The fraction of sp³-hybridized carbons (Fsp3) is 0.318. The Morgan fingerprint density at radius 3 is 2.73 bits per heavy atom. The molecule has 0 atom stereocenters. The number of aryl methyl sites for hydroxylation is 1. The molecule has 4 rings (SSSR count). The highest BCUT2D eigenvalue weighted by atomic mass is 35.5. The number of hydrogen-bond acceptors (Lipinski definition) is 2. The van der Waals surface area contributed by atoms with Crippen LogP contribution in [-0.4, -0.2) is 34.6 Å². The van der Waals surface area contributed by atoms with Crippen LogP contribution in [0, 0.1) is 6.92 Å². The molecule has 0 saturated carbocycles. The number of likely N-dealkylation sites (N-methyl/N-ethyl adjacent to an activating group) is 1. The van der Waals surface area contributed by atoms with Gasteiger partial charge in [-0.2, -0.15) is 0 Å². The Kier molecular flexibility index (Phi) is 4.60. The van der Waals surface area contributed by atoms with Crippen molar-refractivity contribution in [2.24, 2.45) is 0 Å². The summed E-state index contributed by atoms with van der Waals surface area (Å²) in [6.07, 6.45) is 6.33. The minimum absolute atomic E-state index is 0.804. The first-order chi connectivity index (χ1) is 12.5. The smallest absolute Gasteiger partial charge is 0.0529 e. The molecule has 3 aromatic rings. The number of benzene rings is 1. The van der Waals surface area contributed by atoms with Gasteiger partial charge in [0.05, 0.1) is 5.52 Å². The predicted molar refractivity (Wildman–Crippen MR) is 111 cm³/mol. The molecule has 0 fully saturated rings. The fourth-order valence-electron chi connectivity index (χ4n) is 3.78. The SMILES string of the molecule is CC(=Cn1c2c(c3cc(Cl)ccc31)CCN(C)CC2)c1ccc(C)nc1. The number of allylic oxidation sites excluding steroid dienone is 1. The second-order valence-corrected chi connectivity index (χ2v) is 7.70. The lowest BCUT2D eigenvalue weighted by molar-refractivity contribution is 0.351. The van der Waals surface area contributed by atoms with E-state index in [4.69, 9.17) is 11.6 Å². The molecule has 0 spiro atoms. The van der Waals surface area contributed by atoms with Crippen molar-refractivity contribution in [3.05, 3.63) is 64.1 Å². The monoisotopic (exact) mass is 365 g/mol. The van der Waals surface area contributed by atoms with Crippen LogP contribution in [0.5, 0.6) is 0 Å². The molecule has 1 aromatic carbocycles. The van der Waals surface area contributed by atoms with Gasteiger partial charge in [0.25, 0.3) is 0 Å². The molecule has 26 heavy (non-hydrogen) atoms. The van der Waals surface area contributed by atoms with E-state index in [2.05, 4.69) is 58.9 Å². The van der Waals surface area contributed by atoms with Gasteiger partial charge in [-0.25, -0.2) is 0 Å². The normalized spacial score (nSPS) is 15.9. The van der Waals surface area contributed by atoms with Crippen molar-refractivity contribution in [3.63, 3.8) is 0 Å². The van der Waals surface area contributed by atoms with Crippen molar-refractivity contribution in [1.82, 2.24) is 14.5 Å². The van der Waals surface area contributed by atoms with Crippen molar-refractivity contribution < 1.29 is 0 Å². The van der Waals surface area contributed by atoms with Crippen LogP contribution < -0.4 is 0 Å². The first-order valence-corrected chi connectivity index (χ1v) is 9.52. The van der Waals surface area contributed by atoms with E-state index in [0.717, 1.165) is 42.2 Å². The Morgan fingerprint density at radius 1 is 1.15 bits per heavy atom. The second kappa shape index (κ2) is 6.90. The zero-order chi connectivity index (χ0) is 18.3. The van der Waals surface area contributed by atoms with Crippen LogP contribution in [0.4, 0.5) is 0 Å². The minimum atomic E-state index is 0.804. The lowest BCUT2D eigenvalue weighted by atomic mass is 10.1. The van der Waals surface area contributed by atoms with Gasteiger partial charge in [-0.15, -0.1) is 0 Å². The van der Waals surface area contributed by atoms with Crippen LogP contribution in [0.1, 0.15) is 29.4 Å². The van der Waals surface area contributed by atoms with Gasteiger partial charge in [-0.3, -0.25) is 4.98 Å². The van der Waals surface area contributed by atoms with Crippen molar-refractivity contribution in [1.29, 1.82) is 0 Å². The van der Waals surface area contributed by atoms with Gasteiger partial charge >= 0.3 is 0 Å². The topological polar surface area (TPSA) is 21.1 Å². The Balaban J connectivity index is 1.89. The Hall–Kier alpha value is -2.10. The highest BCUT2D eigenvalue weighted by Crippen LogP contribution is 2.32. The zero-order valence-corrected chi connectivity index (χ0v) is 16.3. The van der Waals surface area contributed by atoms with Crippen molar-refractivity contribution >= 4 is 34.3 Å². The third kappa shape index (κ3) is 3.17. The van der Waals surface area contributed by atoms with Crippen LogP contribution in [0.3, 0.4) is 0 Å². The average Bonchev–Trinajstić information content (AvgIpc) is 2.76. The van der Waals surface area contributed by atoms with Gasteiger partial charge in [0.1, 0.15) is 0 Å². The predicted octanol–water partition coefficient (Wildman–Crippen LogP) is 5.05. The van der Waals surface area contributed by atoms with Crippen LogP contribution in [0.2, 0.25) is 5.02 Å². The molecule has 134 valence electrons. The molecule has 0 amide bonds. The summed E-state index contributed by atoms with van der Waals surface area (Å²) < 4.78 is 2.37. The van der Waals surface area contributed by atoms with Gasteiger partial charge in [-0.05, 0) is 68.3 Å². The second-order valence-electron chi connectivity index (χ2n) is 7.26. The number of pyridine rings is 1. The summed E-state index contributed by atoms with van der Waals surface area (Å²) in [5.74, 6) is 0. The van der Waals surface area contributed by atoms with E-state index in [0.29, 0.717) is 0 Å². The maximum atomic E-state index is 6.31. The van der Waals surface area contributed by atoms with Crippen LogP contribution in [0.25, 0.3) is 22.7 Å². The fourth-order valence-corrected chi connectivity index (χ4v) is 3.96. The Morgan fingerprint density at radius 2 is 1.96 bits per heavy atom. The largest absolute Gasteiger partial charge is 0.320 e. The van der Waals surface area contributed by atoms with E-state index >= 15 is 0 Å².